The van der Waals surface area contributed by atoms with Crippen LogP contribution in [0.4, 0.5) is 0 Å². The van der Waals surface area contributed by atoms with E-state index >= 15 is 0 Å². The Hall–Kier alpha value is -1.59. The van der Waals surface area contributed by atoms with Gasteiger partial charge in [0.15, 0.2) is 6.79 Å². The Labute approximate surface area is 125 Å². The fraction of sp³-hybridized carbons (Fsp3) is 0.438. The third kappa shape index (κ3) is 4.72. The van der Waals surface area contributed by atoms with Gasteiger partial charge in [-0.15, -0.1) is 0 Å². The average Bonchev–Trinajstić information content (AvgIpc) is 2.36. The second kappa shape index (κ2) is 6.45. The highest BCUT2D eigenvalue weighted by Gasteiger charge is 2.12. The minimum Gasteiger partial charge on any atom is -0.467 e. The summed E-state index contributed by atoms with van der Waals surface area (Å²) < 4.78 is 16.2. The van der Waals surface area contributed by atoms with Gasteiger partial charge >= 0.3 is 5.63 Å². The third-order valence-corrected chi connectivity index (χ3v) is 4.93. The van der Waals surface area contributed by atoms with Gasteiger partial charge in [0.1, 0.15) is 11.3 Å². The molecule has 0 aliphatic carbocycles. The number of benzene rings is 1. The fourth-order valence-electron chi connectivity index (χ4n) is 1.94. The van der Waals surface area contributed by atoms with Gasteiger partial charge in [0, 0.05) is 32.2 Å². The van der Waals surface area contributed by atoms with Crippen LogP contribution in [0.5, 0.6) is 5.75 Å². The molecular formula is C16H22O4Si. The van der Waals surface area contributed by atoms with Gasteiger partial charge in [0.2, 0.25) is 0 Å². The highest BCUT2D eigenvalue weighted by molar-refractivity contribution is 6.76. The van der Waals surface area contributed by atoms with E-state index in [1.807, 2.05) is 19.1 Å². The molecule has 0 aliphatic heterocycles. The third-order valence-electron chi connectivity index (χ3n) is 3.23. The predicted molar refractivity (Wildman–Crippen MR) is 86.8 cm³/mol. The largest absolute Gasteiger partial charge is 0.467 e. The van der Waals surface area contributed by atoms with Gasteiger partial charge in [0.25, 0.3) is 0 Å². The molecule has 4 nitrogen and oxygen atoms in total. The van der Waals surface area contributed by atoms with Crippen molar-refractivity contribution >= 4 is 19.0 Å². The lowest BCUT2D eigenvalue weighted by molar-refractivity contribution is 0.0221. The van der Waals surface area contributed by atoms with E-state index in [1.54, 1.807) is 6.07 Å². The number of ether oxygens (including phenoxy) is 2. The molecule has 1 heterocycles. The maximum atomic E-state index is 11.4. The summed E-state index contributed by atoms with van der Waals surface area (Å²) in [6.45, 7) is 9.75. The molecule has 0 amide bonds. The summed E-state index contributed by atoms with van der Waals surface area (Å²) in [6, 6.07) is 8.08. The van der Waals surface area contributed by atoms with E-state index in [4.69, 9.17) is 13.9 Å². The SMILES string of the molecule is Cc1cc(=O)oc2cc(OCOCC[Si](C)(C)C)ccc12. The Kier molecular flexibility index (Phi) is 4.85. The molecule has 0 saturated carbocycles. The molecule has 114 valence electrons. The predicted octanol–water partition coefficient (Wildman–Crippen LogP) is 3.79. The van der Waals surface area contributed by atoms with Crippen LogP contribution >= 0.6 is 0 Å². The molecule has 2 aromatic rings. The average molecular weight is 306 g/mol. The minimum absolute atomic E-state index is 0.214. The number of hydrogen-bond donors (Lipinski definition) is 0. The highest BCUT2D eigenvalue weighted by atomic mass is 28.3. The van der Waals surface area contributed by atoms with E-state index in [0.29, 0.717) is 11.3 Å². The maximum Gasteiger partial charge on any atom is 0.336 e. The second-order valence-corrected chi connectivity index (χ2v) is 12.0. The number of hydrogen-bond acceptors (Lipinski definition) is 4. The lowest BCUT2D eigenvalue weighted by Gasteiger charge is -2.15. The van der Waals surface area contributed by atoms with E-state index < -0.39 is 8.07 Å². The standard InChI is InChI=1S/C16H22O4Si/c1-12-9-16(17)20-15-10-13(5-6-14(12)15)19-11-18-7-8-21(2,3)4/h5-6,9-10H,7-8,11H2,1-4H3. The molecule has 0 bridgehead atoms. The van der Waals surface area contributed by atoms with E-state index in [1.165, 1.54) is 6.07 Å². The molecule has 21 heavy (non-hydrogen) atoms. The van der Waals surface area contributed by atoms with Crippen molar-refractivity contribution in [3.8, 4) is 5.75 Å². The molecule has 0 atom stereocenters. The molecule has 5 heteroatoms. The molecule has 0 unspecified atom stereocenters. The van der Waals surface area contributed by atoms with E-state index in [0.717, 1.165) is 23.6 Å². The minimum atomic E-state index is -1.07. The first-order valence-electron chi connectivity index (χ1n) is 7.10. The Bertz CT molecular complexity index is 670. The highest BCUT2D eigenvalue weighted by Crippen LogP contribution is 2.22. The van der Waals surface area contributed by atoms with Gasteiger partial charge in [0.05, 0.1) is 0 Å². The summed E-state index contributed by atoms with van der Waals surface area (Å²) in [6.07, 6.45) is 0. The van der Waals surface area contributed by atoms with Crippen molar-refractivity contribution in [2.24, 2.45) is 0 Å². The summed E-state index contributed by atoms with van der Waals surface area (Å²) in [5, 5.41) is 0.918. The van der Waals surface area contributed by atoms with E-state index in [9.17, 15) is 4.79 Å². The lowest BCUT2D eigenvalue weighted by atomic mass is 10.1. The molecule has 1 aromatic carbocycles. The van der Waals surface area contributed by atoms with Crippen LogP contribution in [0.2, 0.25) is 25.7 Å². The summed E-state index contributed by atoms with van der Waals surface area (Å²) in [7, 11) is -1.07. The maximum absolute atomic E-state index is 11.4. The van der Waals surface area contributed by atoms with Crippen molar-refractivity contribution in [3.05, 3.63) is 40.2 Å². The van der Waals surface area contributed by atoms with Gasteiger partial charge in [-0.2, -0.15) is 0 Å². The van der Waals surface area contributed by atoms with Crippen molar-refractivity contribution in [2.45, 2.75) is 32.6 Å². The summed E-state index contributed by atoms with van der Waals surface area (Å²) in [4.78, 5) is 11.4. The first-order chi connectivity index (χ1) is 9.85. The number of aryl methyl sites for hydroxylation is 1. The zero-order chi connectivity index (χ0) is 15.5. The molecular weight excluding hydrogens is 284 g/mol. The van der Waals surface area contributed by atoms with Crippen LogP contribution in [-0.2, 0) is 4.74 Å². The number of fused-ring (bicyclic) bond motifs is 1. The summed E-state index contributed by atoms with van der Waals surface area (Å²) >= 11 is 0. The quantitative estimate of drug-likeness (QED) is 0.352. The van der Waals surface area contributed by atoms with Gasteiger partial charge in [-0.1, -0.05) is 19.6 Å². The van der Waals surface area contributed by atoms with Crippen LogP contribution in [0.1, 0.15) is 5.56 Å². The van der Waals surface area contributed by atoms with E-state index in [-0.39, 0.29) is 12.4 Å². The normalized spacial score (nSPS) is 11.8. The van der Waals surface area contributed by atoms with Crippen LogP contribution in [0.3, 0.4) is 0 Å². The van der Waals surface area contributed by atoms with Crippen molar-refractivity contribution < 1.29 is 13.9 Å². The van der Waals surface area contributed by atoms with Crippen LogP contribution < -0.4 is 10.4 Å². The Morgan fingerprint density at radius 1 is 1.19 bits per heavy atom. The zero-order valence-corrected chi connectivity index (χ0v) is 14.1. The first-order valence-corrected chi connectivity index (χ1v) is 10.8. The van der Waals surface area contributed by atoms with Crippen molar-refractivity contribution in [3.63, 3.8) is 0 Å². The zero-order valence-electron chi connectivity index (χ0n) is 13.1. The topological polar surface area (TPSA) is 48.7 Å². The molecule has 0 spiro atoms. The Morgan fingerprint density at radius 2 is 1.95 bits per heavy atom. The van der Waals surface area contributed by atoms with Crippen molar-refractivity contribution in [1.29, 1.82) is 0 Å². The summed E-state index contributed by atoms with van der Waals surface area (Å²) in [5.41, 5.74) is 1.10. The second-order valence-electron chi connectivity index (χ2n) is 6.39. The molecule has 1 aromatic heterocycles. The van der Waals surface area contributed by atoms with Gasteiger partial charge in [-0.25, -0.2) is 4.79 Å². The number of rotatable bonds is 6. The smallest absolute Gasteiger partial charge is 0.336 e. The van der Waals surface area contributed by atoms with Crippen molar-refractivity contribution in [2.75, 3.05) is 13.4 Å². The molecule has 0 aliphatic rings. The van der Waals surface area contributed by atoms with Crippen LogP contribution in [0.15, 0.2) is 33.5 Å². The molecule has 0 fully saturated rings. The Morgan fingerprint density at radius 3 is 2.67 bits per heavy atom. The molecule has 0 radical (unpaired) electrons. The van der Waals surface area contributed by atoms with Crippen LogP contribution in [-0.4, -0.2) is 21.5 Å². The Balaban J connectivity index is 1.96. The molecule has 0 saturated heterocycles. The van der Waals surface area contributed by atoms with Gasteiger partial charge in [-0.3, -0.25) is 0 Å². The summed E-state index contributed by atoms with van der Waals surface area (Å²) in [5.74, 6) is 0.643. The van der Waals surface area contributed by atoms with Gasteiger partial charge < -0.3 is 13.9 Å². The van der Waals surface area contributed by atoms with Crippen LogP contribution in [0.25, 0.3) is 11.0 Å². The van der Waals surface area contributed by atoms with Crippen LogP contribution in [0, 0.1) is 6.92 Å². The lowest BCUT2D eigenvalue weighted by Crippen LogP contribution is -2.22. The molecule has 2 rings (SSSR count). The van der Waals surface area contributed by atoms with Gasteiger partial charge in [-0.05, 0) is 30.7 Å². The monoisotopic (exact) mass is 306 g/mol. The molecule has 0 N–H and O–H groups in total. The first kappa shape index (κ1) is 15.8. The van der Waals surface area contributed by atoms with Crippen molar-refractivity contribution in [1.82, 2.24) is 0 Å². The fourth-order valence-corrected chi connectivity index (χ4v) is 2.70. The van der Waals surface area contributed by atoms with E-state index in [2.05, 4.69) is 19.6 Å².